The standard InChI is InChI=1S/C19H28N2O4S/c1-4-6-15-9-14(10-18(25-5-2)19(15)24-3)11-21-8-7-20-16-12-26(22,23)13-17(16)21/h4,9-10,16-17,20H,1,5-8,11-13H2,2-3H3/t16-,17+/m0/s1. The molecule has 1 aromatic carbocycles. The SMILES string of the molecule is C=CCc1cc(CN2CCN[C@H]3CS(=O)(=O)C[C@H]32)cc(OCC)c1OC. The van der Waals surface area contributed by atoms with Gasteiger partial charge in [0, 0.05) is 37.3 Å². The number of benzene rings is 1. The molecule has 0 saturated carbocycles. The van der Waals surface area contributed by atoms with Crippen LogP contribution in [0.15, 0.2) is 24.8 Å². The fourth-order valence-electron chi connectivity index (χ4n) is 3.99. The molecule has 2 saturated heterocycles. The number of nitrogens with zero attached hydrogens (tertiary/aromatic N) is 1. The van der Waals surface area contributed by atoms with E-state index in [1.807, 2.05) is 19.1 Å². The van der Waals surface area contributed by atoms with Gasteiger partial charge < -0.3 is 14.8 Å². The number of hydrogen-bond donors (Lipinski definition) is 1. The third kappa shape index (κ3) is 4.05. The van der Waals surface area contributed by atoms with E-state index in [0.29, 0.717) is 19.6 Å². The fourth-order valence-corrected chi connectivity index (χ4v) is 5.98. The zero-order valence-electron chi connectivity index (χ0n) is 15.5. The molecule has 2 atom stereocenters. The number of allylic oxidation sites excluding steroid dienone is 1. The van der Waals surface area contributed by atoms with Crippen LogP contribution in [0.3, 0.4) is 0 Å². The minimum absolute atomic E-state index is 0.0333. The first-order chi connectivity index (χ1) is 12.5. The van der Waals surface area contributed by atoms with Gasteiger partial charge in [0.25, 0.3) is 0 Å². The van der Waals surface area contributed by atoms with E-state index in [4.69, 9.17) is 9.47 Å². The van der Waals surface area contributed by atoms with Gasteiger partial charge in [0.15, 0.2) is 21.3 Å². The molecule has 144 valence electrons. The van der Waals surface area contributed by atoms with Crippen LogP contribution in [-0.4, -0.2) is 63.7 Å². The first-order valence-electron chi connectivity index (χ1n) is 9.08. The molecule has 0 bridgehead atoms. The molecule has 0 spiro atoms. The summed E-state index contributed by atoms with van der Waals surface area (Å²) in [7, 11) is -1.31. The van der Waals surface area contributed by atoms with Crippen molar-refractivity contribution in [3.63, 3.8) is 0 Å². The third-order valence-corrected chi connectivity index (χ3v) is 6.76. The number of piperazine rings is 1. The summed E-state index contributed by atoms with van der Waals surface area (Å²) >= 11 is 0. The van der Waals surface area contributed by atoms with E-state index in [1.165, 1.54) is 0 Å². The lowest BCUT2D eigenvalue weighted by Gasteiger charge is -2.37. The van der Waals surface area contributed by atoms with Crippen LogP contribution in [0.5, 0.6) is 11.5 Å². The van der Waals surface area contributed by atoms with Gasteiger partial charge in [0.2, 0.25) is 0 Å². The van der Waals surface area contributed by atoms with Gasteiger partial charge in [0.05, 0.1) is 25.2 Å². The summed E-state index contributed by atoms with van der Waals surface area (Å²) in [5, 5.41) is 3.36. The molecule has 3 rings (SSSR count). The zero-order chi connectivity index (χ0) is 18.7. The van der Waals surface area contributed by atoms with E-state index in [-0.39, 0.29) is 23.6 Å². The Kier molecular flexibility index (Phi) is 5.89. The van der Waals surface area contributed by atoms with E-state index in [2.05, 4.69) is 22.9 Å². The third-order valence-electron chi connectivity index (χ3n) is 5.04. The van der Waals surface area contributed by atoms with Crippen LogP contribution in [0.2, 0.25) is 0 Å². The molecule has 7 heteroatoms. The minimum atomic E-state index is -2.96. The van der Waals surface area contributed by atoms with Gasteiger partial charge in [-0.25, -0.2) is 8.42 Å². The molecule has 0 radical (unpaired) electrons. The predicted molar refractivity (Wildman–Crippen MR) is 103 cm³/mol. The molecule has 2 fully saturated rings. The number of methoxy groups -OCH3 is 1. The van der Waals surface area contributed by atoms with Crippen molar-refractivity contribution in [1.82, 2.24) is 10.2 Å². The molecule has 0 aliphatic carbocycles. The molecule has 6 nitrogen and oxygen atoms in total. The monoisotopic (exact) mass is 380 g/mol. The first-order valence-corrected chi connectivity index (χ1v) is 10.9. The Bertz CT molecular complexity index is 763. The second-order valence-corrected chi connectivity index (χ2v) is 9.04. The van der Waals surface area contributed by atoms with Crippen molar-refractivity contribution in [1.29, 1.82) is 0 Å². The smallest absolute Gasteiger partial charge is 0.164 e. The number of ether oxygens (including phenoxy) is 2. The summed E-state index contributed by atoms with van der Waals surface area (Å²) in [4.78, 5) is 2.28. The summed E-state index contributed by atoms with van der Waals surface area (Å²) in [5.74, 6) is 1.95. The highest BCUT2D eigenvalue weighted by Gasteiger charge is 2.42. The maximum Gasteiger partial charge on any atom is 0.164 e. The lowest BCUT2D eigenvalue weighted by molar-refractivity contribution is 0.141. The van der Waals surface area contributed by atoms with Crippen molar-refractivity contribution in [3.05, 3.63) is 35.9 Å². The molecule has 2 aliphatic heterocycles. The van der Waals surface area contributed by atoms with Gasteiger partial charge in [-0.05, 0) is 25.0 Å². The average molecular weight is 381 g/mol. The Hall–Kier alpha value is -1.57. The number of rotatable bonds is 7. The van der Waals surface area contributed by atoms with Gasteiger partial charge >= 0.3 is 0 Å². The van der Waals surface area contributed by atoms with Crippen LogP contribution in [0.1, 0.15) is 18.1 Å². The van der Waals surface area contributed by atoms with Gasteiger partial charge in [-0.3, -0.25) is 4.90 Å². The van der Waals surface area contributed by atoms with E-state index >= 15 is 0 Å². The van der Waals surface area contributed by atoms with Crippen molar-refractivity contribution in [3.8, 4) is 11.5 Å². The lowest BCUT2D eigenvalue weighted by atomic mass is 10.0. The number of sulfone groups is 1. The Labute approximate surface area is 156 Å². The highest BCUT2D eigenvalue weighted by atomic mass is 32.2. The van der Waals surface area contributed by atoms with Gasteiger partial charge in [0.1, 0.15) is 0 Å². The van der Waals surface area contributed by atoms with Crippen LogP contribution >= 0.6 is 0 Å². The zero-order valence-corrected chi connectivity index (χ0v) is 16.3. The van der Waals surface area contributed by atoms with Crippen LogP contribution in [0, 0.1) is 0 Å². The average Bonchev–Trinajstić information content (AvgIpc) is 2.90. The predicted octanol–water partition coefficient (Wildman–Crippen LogP) is 1.39. The maximum absolute atomic E-state index is 12.0. The molecular weight excluding hydrogens is 352 g/mol. The molecule has 0 unspecified atom stereocenters. The van der Waals surface area contributed by atoms with Crippen molar-refractivity contribution in [2.45, 2.75) is 32.0 Å². The molecule has 26 heavy (non-hydrogen) atoms. The van der Waals surface area contributed by atoms with Crippen LogP contribution < -0.4 is 14.8 Å². The summed E-state index contributed by atoms with van der Waals surface area (Å²) in [6.07, 6.45) is 2.54. The van der Waals surface area contributed by atoms with Crippen LogP contribution in [0.4, 0.5) is 0 Å². The lowest BCUT2D eigenvalue weighted by Crippen LogP contribution is -2.56. The van der Waals surface area contributed by atoms with Crippen molar-refractivity contribution >= 4 is 9.84 Å². The highest BCUT2D eigenvalue weighted by molar-refractivity contribution is 7.91. The summed E-state index contributed by atoms with van der Waals surface area (Å²) in [5.41, 5.74) is 2.14. The fraction of sp³-hybridized carbons (Fsp3) is 0.579. The van der Waals surface area contributed by atoms with Crippen molar-refractivity contribution < 1.29 is 17.9 Å². The van der Waals surface area contributed by atoms with Gasteiger partial charge in [-0.2, -0.15) is 0 Å². The minimum Gasteiger partial charge on any atom is -0.493 e. The number of fused-ring (bicyclic) bond motifs is 1. The Morgan fingerprint density at radius 2 is 2.19 bits per heavy atom. The second-order valence-electron chi connectivity index (χ2n) is 6.89. The summed E-state index contributed by atoms with van der Waals surface area (Å²) < 4.78 is 35.4. The molecule has 1 aromatic rings. The van der Waals surface area contributed by atoms with E-state index < -0.39 is 9.84 Å². The Balaban J connectivity index is 1.87. The van der Waals surface area contributed by atoms with Crippen LogP contribution in [-0.2, 0) is 22.8 Å². The van der Waals surface area contributed by atoms with E-state index in [0.717, 1.165) is 35.7 Å². The normalized spacial score (nSPS) is 24.8. The highest BCUT2D eigenvalue weighted by Crippen LogP contribution is 2.34. The Morgan fingerprint density at radius 1 is 1.38 bits per heavy atom. The quantitative estimate of drug-likeness (QED) is 0.721. The van der Waals surface area contributed by atoms with Crippen LogP contribution in [0.25, 0.3) is 0 Å². The largest absolute Gasteiger partial charge is 0.493 e. The van der Waals surface area contributed by atoms with Gasteiger partial charge in [-0.15, -0.1) is 6.58 Å². The number of nitrogens with one attached hydrogen (secondary N) is 1. The molecular formula is C19H28N2O4S. The second kappa shape index (κ2) is 7.98. The molecule has 2 heterocycles. The van der Waals surface area contributed by atoms with Gasteiger partial charge in [-0.1, -0.05) is 12.1 Å². The van der Waals surface area contributed by atoms with Crippen molar-refractivity contribution in [2.75, 3.05) is 38.3 Å². The molecule has 0 amide bonds. The maximum atomic E-state index is 12.0. The topological polar surface area (TPSA) is 67.9 Å². The van der Waals surface area contributed by atoms with E-state index in [1.54, 1.807) is 7.11 Å². The summed E-state index contributed by atoms with van der Waals surface area (Å²) in [6.45, 7) is 8.69. The first kappa shape index (κ1) is 19.2. The summed E-state index contributed by atoms with van der Waals surface area (Å²) in [6, 6.07) is 4.19. The Morgan fingerprint density at radius 3 is 2.88 bits per heavy atom. The molecule has 2 aliphatic rings. The van der Waals surface area contributed by atoms with E-state index in [9.17, 15) is 8.42 Å². The number of hydrogen-bond acceptors (Lipinski definition) is 6. The van der Waals surface area contributed by atoms with Crippen molar-refractivity contribution in [2.24, 2.45) is 0 Å². The molecule has 0 aromatic heterocycles. The molecule has 1 N–H and O–H groups in total.